The lowest BCUT2D eigenvalue weighted by molar-refractivity contribution is -0.118. The number of hydrogen-bond acceptors (Lipinski definition) is 5. The highest BCUT2D eigenvalue weighted by Gasteiger charge is 2.09. The van der Waals surface area contributed by atoms with Gasteiger partial charge in [-0.05, 0) is 45.0 Å². The van der Waals surface area contributed by atoms with Crippen molar-refractivity contribution in [3.63, 3.8) is 0 Å². The highest BCUT2D eigenvalue weighted by Crippen LogP contribution is 2.20. The van der Waals surface area contributed by atoms with Crippen LogP contribution in [0.3, 0.4) is 0 Å². The third-order valence-corrected chi connectivity index (χ3v) is 4.91. The molecule has 0 spiro atoms. The van der Waals surface area contributed by atoms with E-state index in [1.807, 2.05) is 6.92 Å². The lowest BCUT2D eigenvalue weighted by Gasteiger charge is -2.09. The molecule has 1 amide bonds. The molecule has 0 aliphatic rings. The largest absolute Gasteiger partial charge is 0.318 e. The molecule has 0 saturated carbocycles. The highest BCUT2D eigenvalue weighted by atomic mass is 32.2. The summed E-state index contributed by atoms with van der Waals surface area (Å²) in [6.45, 7) is 6.17. The molecule has 0 unspecified atom stereocenters. The lowest BCUT2D eigenvalue weighted by Crippen LogP contribution is -2.19. The summed E-state index contributed by atoms with van der Waals surface area (Å²) in [4.78, 5) is 20.0. The van der Waals surface area contributed by atoms with Gasteiger partial charge in [0.2, 0.25) is 0 Å². The second kappa shape index (κ2) is 8.64. The number of thioether (sulfide) groups is 1. The van der Waals surface area contributed by atoms with Crippen LogP contribution < -0.4 is 5.43 Å². The molecule has 0 bridgehead atoms. The molecule has 3 aromatic rings. The van der Waals surface area contributed by atoms with Crippen molar-refractivity contribution < 1.29 is 4.79 Å². The Balaban J connectivity index is 1.63. The topological polar surface area (TPSA) is 72.2 Å². The van der Waals surface area contributed by atoms with E-state index >= 15 is 0 Å². The van der Waals surface area contributed by atoms with Gasteiger partial charge in [-0.3, -0.25) is 4.79 Å². The van der Waals surface area contributed by atoms with Gasteiger partial charge in [0.15, 0.2) is 5.16 Å². The van der Waals surface area contributed by atoms with E-state index in [0.29, 0.717) is 5.16 Å². The number of hydrazone groups is 1. The van der Waals surface area contributed by atoms with E-state index in [9.17, 15) is 4.79 Å². The van der Waals surface area contributed by atoms with Gasteiger partial charge in [-0.25, -0.2) is 15.4 Å². The number of hydrogen-bond donors (Lipinski definition) is 1. The number of benzene rings is 1. The van der Waals surface area contributed by atoms with Gasteiger partial charge >= 0.3 is 0 Å². The second-order valence-corrected chi connectivity index (χ2v) is 7.05. The predicted molar refractivity (Wildman–Crippen MR) is 108 cm³/mol. The van der Waals surface area contributed by atoms with Crippen LogP contribution in [0.15, 0.2) is 59.0 Å². The van der Waals surface area contributed by atoms with Crippen molar-refractivity contribution in [1.82, 2.24) is 20.0 Å². The molecule has 138 valence electrons. The number of carbonyl (C=O) groups is 1. The fourth-order valence-corrected chi connectivity index (χ4v) is 3.30. The number of nitrogens with zero attached hydrogens (tertiary/aromatic N) is 4. The van der Waals surface area contributed by atoms with Crippen LogP contribution in [0.5, 0.6) is 0 Å². The van der Waals surface area contributed by atoms with Crippen molar-refractivity contribution in [2.75, 3.05) is 5.75 Å². The quantitative estimate of drug-likeness (QED) is 0.308. The van der Waals surface area contributed by atoms with Crippen LogP contribution >= 0.6 is 11.8 Å². The third-order valence-electron chi connectivity index (χ3n) is 4.03. The number of carbonyl (C=O) groups excluding carboxylic acids is 1. The zero-order chi connectivity index (χ0) is 19.2. The van der Waals surface area contributed by atoms with E-state index in [2.05, 4.69) is 69.2 Å². The van der Waals surface area contributed by atoms with E-state index in [4.69, 9.17) is 0 Å². The summed E-state index contributed by atoms with van der Waals surface area (Å²) in [5.41, 5.74) is 8.03. The monoisotopic (exact) mass is 379 g/mol. The summed E-state index contributed by atoms with van der Waals surface area (Å²) in [6.07, 6.45) is 4.97. The fraction of sp³-hybridized carbons (Fsp3) is 0.200. The lowest BCUT2D eigenvalue weighted by atomic mass is 10.2. The zero-order valence-electron chi connectivity index (χ0n) is 15.5. The molecular formula is C20H21N5OS. The smallest absolute Gasteiger partial charge is 0.250 e. The van der Waals surface area contributed by atoms with Gasteiger partial charge in [-0.1, -0.05) is 29.5 Å². The van der Waals surface area contributed by atoms with Crippen molar-refractivity contribution in [2.45, 2.75) is 25.9 Å². The average Bonchev–Trinajstić information content (AvgIpc) is 2.95. The number of aromatic nitrogens is 3. The van der Waals surface area contributed by atoms with E-state index in [1.54, 1.807) is 24.7 Å². The first-order valence-electron chi connectivity index (χ1n) is 8.52. The van der Waals surface area contributed by atoms with Crippen LogP contribution in [0.25, 0.3) is 5.69 Å². The van der Waals surface area contributed by atoms with Crippen LogP contribution in [0, 0.1) is 20.8 Å². The van der Waals surface area contributed by atoms with Gasteiger partial charge in [0, 0.05) is 35.0 Å². The standard InChI is InChI=1S/C20H21N5OS/c1-14-5-7-18(8-6-14)25-15(2)11-17(16(25)3)12-23-24-19(26)13-27-20-21-9-4-10-22-20/h4-12H,13H2,1-3H3,(H,24,26)/b23-12+. The Morgan fingerprint density at radius 2 is 1.89 bits per heavy atom. The first-order valence-corrected chi connectivity index (χ1v) is 9.51. The number of rotatable bonds is 6. The molecule has 2 heterocycles. The Morgan fingerprint density at radius 3 is 2.59 bits per heavy atom. The normalized spacial score (nSPS) is 11.1. The number of aryl methyl sites for hydroxylation is 2. The molecule has 6 nitrogen and oxygen atoms in total. The van der Waals surface area contributed by atoms with Crippen LogP contribution in [-0.2, 0) is 4.79 Å². The Hall–Kier alpha value is -2.93. The van der Waals surface area contributed by atoms with Gasteiger partial charge in [-0.2, -0.15) is 5.10 Å². The molecule has 1 N–H and O–H groups in total. The van der Waals surface area contributed by atoms with Crippen LogP contribution in [0.2, 0.25) is 0 Å². The maximum atomic E-state index is 11.9. The summed E-state index contributed by atoms with van der Waals surface area (Å²) in [5, 5.41) is 4.65. The molecule has 0 aliphatic heterocycles. The molecule has 3 rings (SSSR count). The molecular weight excluding hydrogens is 358 g/mol. The molecule has 0 aliphatic carbocycles. The second-order valence-electron chi connectivity index (χ2n) is 6.11. The predicted octanol–water partition coefficient (Wildman–Crippen LogP) is 3.43. The van der Waals surface area contributed by atoms with Crippen molar-refractivity contribution in [3.05, 3.63) is 71.3 Å². The van der Waals surface area contributed by atoms with Crippen molar-refractivity contribution >= 4 is 23.9 Å². The minimum atomic E-state index is -0.198. The molecule has 7 heteroatoms. The molecule has 1 aromatic carbocycles. The van der Waals surface area contributed by atoms with Crippen molar-refractivity contribution in [3.8, 4) is 5.69 Å². The molecule has 0 fully saturated rings. The molecule has 0 saturated heterocycles. The molecule has 0 atom stereocenters. The summed E-state index contributed by atoms with van der Waals surface area (Å²) < 4.78 is 2.17. The Kier molecular flexibility index (Phi) is 6.03. The Bertz CT molecular complexity index is 949. The van der Waals surface area contributed by atoms with Gasteiger partial charge < -0.3 is 4.57 Å². The van der Waals surface area contributed by atoms with Crippen LogP contribution in [0.4, 0.5) is 0 Å². The maximum Gasteiger partial charge on any atom is 0.250 e. The summed E-state index contributed by atoms with van der Waals surface area (Å²) in [5.74, 6) is 0.0139. The first kappa shape index (κ1) is 18.8. The first-order chi connectivity index (χ1) is 13.0. The van der Waals surface area contributed by atoms with Gasteiger partial charge in [0.1, 0.15) is 0 Å². The van der Waals surface area contributed by atoms with Crippen molar-refractivity contribution in [1.29, 1.82) is 0 Å². The minimum Gasteiger partial charge on any atom is -0.318 e. The average molecular weight is 379 g/mol. The van der Waals surface area contributed by atoms with Crippen molar-refractivity contribution in [2.24, 2.45) is 5.10 Å². The number of nitrogens with one attached hydrogen (secondary N) is 1. The van der Waals surface area contributed by atoms with Crippen LogP contribution in [-0.4, -0.2) is 32.4 Å². The molecule has 0 radical (unpaired) electrons. The maximum absolute atomic E-state index is 11.9. The Labute approximate surface area is 162 Å². The Morgan fingerprint density at radius 1 is 1.19 bits per heavy atom. The van der Waals surface area contributed by atoms with E-state index in [-0.39, 0.29) is 11.7 Å². The van der Waals surface area contributed by atoms with Gasteiger partial charge in [0.05, 0.1) is 12.0 Å². The minimum absolute atomic E-state index is 0.198. The molecule has 2 aromatic heterocycles. The van der Waals surface area contributed by atoms with E-state index in [0.717, 1.165) is 22.6 Å². The van der Waals surface area contributed by atoms with E-state index < -0.39 is 0 Å². The van der Waals surface area contributed by atoms with Crippen LogP contribution in [0.1, 0.15) is 22.5 Å². The fourth-order valence-electron chi connectivity index (χ4n) is 2.71. The summed E-state index contributed by atoms with van der Waals surface area (Å²) in [6, 6.07) is 12.2. The summed E-state index contributed by atoms with van der Waals surface area (Å²) in [7, 11) is 0. The summed E-state index contributed by atoms with van der Waals surface area (Å²) >= 11 is 1.27. The molecule has 27 heavy (non-hydrogen) atoms. The highest BCUT2D eigenvalue weighted by molar-refractivity contribution is 7.99. The number of amides is 1. The van der Waals surface area contributed by atoms with Gasteiger partial charge in [-0.15, -0.1) is 0 Å². The SMILES string of the molecule is Cc1ccc(-n2c(C)cc(/C=N/NC(=O)CSc3ncccn3)c2C)cc1. The van der Waals surface area contributed by atoms with E-state index in [1.165, 1.54) is 17.3 Å². The van der Waals surface area contributed by atoms with Gasteiger partial charge in [0.25, 0.3) is 5.91 Å². The third kappa shape index (κ3) is 4.83. The zero-order valence-corrected chi connectivity index (χ0v) is 16.3.